The highest BCUT2D eigenvalue weighted by molar-refractivity contribution is 5.96. The smallest absolute Gasteiger partial charge is 0.0927 e. The zero-order chi connectivity index (χ0) is 12.2. The van der Waals surface area contributed by atoms with Gasteiger partial charge >= 0.3 is 0 Å². The van der Waals surface area contributed by atoms with Gasteiger partial charge in [-0.05, 0) is 18.2 Å². The number of benzene rings is 2. The predicted octanol–water partition coefficient (Wildman–Crippen LogP) is 3.01. The number of nitrogens with one attached hydrogen (secondary N) is 2. The van der Waals surface area contributed by atoms with Gasteiger partial charge in [0.15, 0.2) is 0 Å². The molecule has 2 N–H and O–H groups in total. The third-order valence-electron chi connectivity index (χ3n) is 2.65. The fourth-order valence-corrected chi connectivity index (χ4v) is 1.76. The van der Waals surface area contributed by atoms with Crippen molar-refractivity contribution in [3.8, 4) is 0 Å². The van der Waals surface area contributed by atoms with Crippen LogP contribution >= 0.6 is 0 Å². The Morgan fingerprint density at radius 2 is 1.78 bits per heavy atom. The summed E-state index contributed by atoms with van der Waals surface area (Å²) < 4.78 is 0. The summed E-state index contributed by atoms with van der Waals surface area (Å²) in [5, 5.41) is 12.4. The predicted molar refractivity (Wildman–Crippen MR) is 73.8 cm³/mol. The molecule has 0 aliphatic heterocycles. The van der Waals surface area contributed by atoms with Gasteiger partial charge in [-0.1, -0.05) is 36.4 Å². The number of aromatic amines is 1. The Bertz CT molecular complexity index is 670. The summed E-state index contributed by atoms with van der Waals surface area (Å²) in [7, 11) is 0. The van der Waals surface area contributed by atoms with Gasteiger partial charge in [0.25, 0.3) is 0 Å². The van der Waals surface area contributed by atoms with Crippen LogP contribution in [-0.4, -0.2) is 16.4 Å². The first kappa shape index (κ1) is 10.5. The average Bonchev–Trinajstić information content (AvgIpc) is 2.84. The minimum Gasteiger partial charge on any atom is -0.278 e. The molecule has 0 atom stereocenters. The molecule has 1 aromatic heterocycles. The number of H-pyrrole nitrogens is 1. The van der Waals surface area contributed by atoms with Crippen molar-refractivity contribution in [1.82, 2.24) is 10.2 Å². The molecule has 1 heterocycles. The zero-order valence-electron chi connectivity index (χ0n) is 9.67. The molecule has 4 heteroatoms. The summed E-state index contributed by atoms with van der Waals surface area (Å²) in [6.45, 7) is 0. The molecule has 0 spiro atoms. The van der Waals surface area contributed by atoms with Crippen LogP contribution in [0.5, 0.6) is 0 Å². The summed E-state index contributed by atoms with van der Waals surface area (Å²) in [4.78, 5) is 0. The molecule has 0 saturated carbocycles. The summed E-state index contributed by atoms with van der Waals surface area (Å²) >= 11 is 0. The maximum Gasteiger partial charge on any atom is 0.0927 e. The molecule has 4 nitrogen and oxygen atoms in total. The van der Waals surface area contributed by atoms with Gasteiger partial charge in [0.05, 0.1) is 23.1 Å². The minimum absolute atomic E-state index is 0.897. The van der Waals surface area contributed by atoms with E-state index in [9.17, 15) is 0 Å². The van der Waals surface area contributed by atoms with Gasteiger partial charge in [-0.25, -0.2) is 0 Å². The van der Waals surface area contributed by atoms with E-state index in [0.29, 0.717) is 0 Å². The Morgan fingerprint density at radius 1 is 1.00 bits per heavy atom. The molecule has 2 aromatic carbocycles. The number of hydrazone groups is 1. The van der Waals surface area contributed by atoms with E-state index in [4.69, 9.17) is 0 Å². The molecule has 0 saturated heterocycles. The topological polar surface area (TPSA) is 53.1 Å². The van der Waals surface area contributed by atoms with Crippen LogP contribution in [0, 0.1) is 0 Å². The van der Waals surface area contributed by atoms with Crippen LogP contribution < -0.4 is 5.43 Å². The average molecular weight is 236 g/mol. The van der Waals surface area contributed by atoms with E-state index in [2.05, 4.69) is 20.7 Å². The van der Waals surface area contributed by atoms with Gasteiger partial charge in [-0.15, -0.1) is 0 Å². The van der Waals surface area contributed by atoms with Gasteiger partial charge in [0.1, 0.15) is 0 Å². The van der Waals surface area contributed by atoms with Gasteiger partial charge in [-0.2, -0.15) is 10.2 Å². The van der Waals surface area contributed by atoms with E-state index in [1.54, 1.807) is 6.21 Å². The number of aromatic nitrogens is 2. The van der Waals surface area contributed by atoms with Gasteiger partial charge in [0.2, 0.25) is 0 Å². The van der Waals surface area contributed by atoms with Crippen LogP contribution in [0.2, 0.25) is 0 Å². The molecular weight excluding hydrogens is 224 g/mol. The largest absolute Gasteiger partial charge is 0.278 e. The first-order valence-corrected chi connectivity index (χ1v) is 5.71. The first-order valence-electron chi connectivity index (χ1n) is 5.71. The van der Waals surface area contributed by atoms with E-state index in [0.717, 1.165) is 22.3 Å². The first-order chi connectivity index (χ1) is 8.93. The van der Waals surface area contributed by atoms with Crippen LogP contribution in [0.4, 0.5) is 5.69 Å². The Kier molecular flexibility index (Phi) is 2.75. The number of para-hydroxylation sites is 2. The number of hydrogen-bond acceptors (Lipinski definition) is 3. The monoisotopic (exact) mass is 236 g/mol. The van der Waals surface area contributed by atoms with E-state index < -0.39 is 0 Å². The van der Waals surface area contributed by atoms with E-state index in [1.807, 2.05) is 54.6 Å². The van der Waals surface area contributed by atoms with Crippen LogP contribution in [0.25, 0.3) is 10.9 Å². The molecule has 0 aliphatic carbocycles. The number of nitrogens with zero attached hydrogens (tertiary/aromatic N) is 2. The van der Waals surface area contributed by atoms with Crippen molar-refractivity contribution < 1.29 is 0 Å². The lowest BCUT2D eigenvalue weighted by atomic mass is 10.2. The van der Waals surface area contributed by atoms with Gasteiger partial charge in [0, 0.05) is 5.39 Å². The highest BCUT2D eigenvalue weighted by atomic mass is 15.3. The number of hydrogen-bond donors (Lipinski definition) is 2. The summed E-state index contributed by atoms with van der Waals surface area (Å²) in [6, 6.07) is 17.7. The highest BCUT2D eigenvalue weighted by Crippen LogP contribution is 2.13. The molecule has 0 unspecified atom stereocenters. The van der Waals surface area contributed by atoms with Crippen LogP contribution in [0.3, 0.4) is 0 Å². The second kappa shape index (κ2) is 4.71. The van der Waals surface area contributed by atoms with Gasteiger partial charge in [-0.3, -0.25) is 10.5 Å². The molecule has 3 aromatic rings. The molecule has 0 aliphatic rings. The number of fused-ring (bicyclic) bond motifs is 1. The third kappa shape index (κ3) is 2.08. The summed E-state index contributed by atoms with van der Waals surface area (Å²) in [5.41, 5.74) is 5.77. The van der Waals surface area contributed by atoms with Crippen molar-refractivity contribution in [2.45, 2.75) is 0 Å². The second-order valence-corrected chi connectivity index (χ2v) is 3.89. The van der Waals surface area contributed by atoms with Crippen LogP contribution in [-0.2, 0) is 0 Å². The van der Waals surface area contributed by atoms with Crippen molar-refractivity contribution in [3.05, 3.63) is 60.3 Å². The SMILES string of the molecule is C(=N\Nc1ccccc1)/c1[nH]nc2ccccc12. The van der Waals surface area contributed by atoms with E-state index in [-0.39, 0.29) is 0 Å². The quantitative estimate of drug-likeness (QED) is 0.542. The van der Waals surface area contributed by atoms with Crippen LogP contribution in [0.1, 0.15) is 5.69 Å². The molecule has 0 fully saturated rings. The second-order valence-electron chi connectivity index (χ2n) is 3.89. The Balaban J connectivity index is 1.80. The molecule has 0 radical (unpaired) electrons. The lowest BCUT2D eigenvalue weighted by molar-refractivity contribution is 1.11. The van der Waals surface area contributed by atoms with Crippen molar-refractivity contribution in [1.29, 1.82) is 0 Å². The maximum atomic E-state index is 4.20. The normalized spacial score (nSPS) is 11.1. The van der Waals surface area contributed by atoms with Crippen molar-refractivity contribution in [3.63, 3.8) is 0 Å². The number of rotatable bonds is 3. The highest BCUT2D eigenvalue weighted by Gasteiger charge is 2.00. The number of anilines is 1. The molecule has 0 amide bonds. The molecular formula is C14H12N4. The van der Waals surface area contributed by atoms with Crippen LogP contribution in [0.15, 0.2) is 59.7 Å². The third-order valence-corrected chi connectivity index (χ3v) is 2.65. The lowest BCUT2D eigenvalue weighted by Crippen LogP contribution is -1.90. The van der Waals surface area contributed by atoms with Gasteiger partial charge < -0.3 is 0 Å². The van der Waals surface area contributed by atoms with Crippen molar-refractivity contribution in [2.24, 2.45) is 5.10 Å². The standard InChI is InChI=1S/C14H12N4/c1-2-6-11(7-3-1)16-15-10-14-12-8-4-5-9-13(12)17-18-14/h1-10,16H,(H,17,18)/b15-10+. The molecule has 0 bridgehead atoms. The molecule has 88 valence electrons. The Morgan fingerprint density at radius 3 is 2.67 bits per heavy atom. The summed E-state index contributed by atoms with van der Waals surface area (Å²) in [6.07, 6.45) is 1.74. The van der Waals surface area contributed by atoms with E-state index >= 15 is 0 Å². The zero-order valence-corrected chi connectivity index (χ0v) is 9.67. The minimum atomic E-state index is 0.897. The molecule has 3 rings (SSSR count). The fraction of sp³-hybridized carbons (Fsp3) is 0. The van der Waals surface area contributed by atoms with Crippen molar-refractivity contribution >= 4 is 22.8 Å². The Hall–Kier alpha value is -2.62. The van der Waals surface area contributed by atoms with Crippen molar-refractivity contribution in [2.75, 3.05) is 5.43 Å². The Labute approximate surface area is 104 Å². The maximum absolute atomic E-state index is 4.20. The molecule has 18 heavy (non-hydrogen) atoms. The summed E-state index contributed by atoms with van der Waals surface area (Å²) in [5.74, 6) is 0. The van der Waals surface area contributed by atoms with E-state index in [1.165, 1.54) is 0 Å². The fourth-order valence-electron chi connectivity index (χ4n) is 1.76. The lowest BCUT2D eigenvalue weighted by Gasteiger charge is -1.97.